The van der Waals surface area contributed by atoms with Crippen LogP contribution >= 0.6 is 39.7 Å². The third-order valence-corrected chi connectivity index (χ3v) is 6.05. The fraction of sp³-hybridized carbons (Fsp3) is 0.167. The maximum atomic E-state index is 13.9. The van der Waals surface area contributed by atoms with E-state index in [0.717, 1.165) is 18.2 Å². The molecule has 0 amide bonds. The fourth-order valence-corrected chi connectivity index (χ4v) is 3.69. The molecule has 0 heterocycles. The lowest BCUT2D eigenvalue weighted by Gasteiger charge is -2.25. The van der Waals surface area contributed by atoms with Gasteiger partial charge in [-0.25, -0.2) is 8.78 Å². The van der Waals surface area contributed by atoms with Gasteiger partial charge in [-0.3, -0.25) is 0 Å². The van der Waals surface area contributed by atoms with Gasteiger partial charge in [-0.2, -0.15) is 18.4 Å². The van der Waals surface area contributed by atoms with Gasteiger partial charge >= 0.3 is 6.18 Å². The molecule has 0 aliphatic heterocycles. The molecule has 188 valence electrons. The summed E-state index contributed by atoms with van der Waals surface area (Å²) in [7, 11) is 0. The zero-order chi connectivity index (χ0) is 26.7. The number of rotatable bonds is 7. The van der Waals surface area contributed by atoms with Crippen LogP contribution in [0.2, 0.25) is 5.02 Å². The zero-order valence-electron chi connectivity index (χ0n) is 18.2. The van der Waals surface area contributed by atoms with E-state index >= 15 is 0 Å². The highest BCUT2D eigenvalue weighted by atomic mass is 79.9. The van der Waals surface area contributed by atoms with E-state index in [1.54, 1.807) is 0 Å². The normalized spacial score (nSPS) is 12.9. The van der Waals surface area contributed by atoms with E-state index in [2.05, 4.69) is 21.2 Å². The van der Waals surface area contributed by atoms with Crippen molar-refractivity contribution in [3.63, 3.8) is 0 Å². The Kier molecular flexibility index (Phi) is 8.44. The topological polar surface area (TPSA) is 54.3 Å². The predicted octanol–water partition coefficient (Wildman–Crippen LogP) is 7.82. The van der Waals surface area contributed by atoms with Gasteiger partial charge in [-0.15, -0.1) is 0 Å². The van der Waals surface area contributed by atoms with Crippen LogP contribution in [0.3, 0.4) is 0 Å². The maximum Gasteiger partial charge on any atom is 0.416 e. The highest BCUT2D eigenvalue weighted by molar-refractivity contribution is 9.10. The van der Waals surface area contributed by atoms with Crippen molar-refractivity contribution in [3.05, 3.63) is 86.9 Å². The summed E-state index contributed by atoms with van der Waals surface area (Å²) < 4.78 is 77.2. The molecular formula is C24H15BrClF5N2O2S. The van der Waals surface area contributed by atoms with Crippen LogP contribution in [0.4, 0.5) is 22.0 Å². The number of ether oxygens (including phenoxy) is 2. The summed E-state index contributed by atoms with van der Waals surface area (Å²) in [4.78, 5) is 0.0260. The molecule has 0 radical (unpaired) electrons. The summed E-state index contributed by atoms with van der Waals surface area (Å²) >= 11 is 14.3. The maximum absolute atomic E-state index is 13.9. The SMILES string of the molecule is CC(C#N)(COc1cc(Cl)ccc1Oc1cc(F)cc(F)c1Br)NC(=S)c1ccc(C(F)(F)F)cc1. The van der Waals surface area contributed by atoms with Crippen LogP contribution in [0.1, 0.15) is 18.1 Å². The second kappa shape index (κ2) is 11.0. The molecule has 12 heteroatoms. The number of thiocarbonyl (C=S) groups is 1. The van der Waals surface area contributed by atoms with Gasteiger partial charge < -0.3 is 14.8 Å². The summed E-state index contributed by atoms with van der Waals surface area (Å²) in [6, 6.07) is 12.1. The van der Waals surface area contributed by atoms with Crippen molar-refractivity contribution in [2.24, 2.45) is 0 Å². The summed E-state index contributed by atoms with van der Waals surface area (Å²) in [6.07, 6.45) is -4.49. The van der Waals surface area contributed by atoms with Gasteiger partial charge in [0.15, 0.2) is 17.0 Å². The first-order valence-electron chi connectivity index (χ1n) is 9.97. The van der Waals surface area contributed by atoms with Gasteiger partial charge in [0, 0.05) is 28.8 Å². The first kappa shape index (κ1) is 27.6. The Labute approximate surface area is 221 Å². The quantitative estimate of drug-likeness (QED) is 0.169. The molecule has 1 atom stereocenters. The molecule has 0 saturated carbocycles. The van der Waals surface area contributed by atoms with Gasteiger partial charge in [-0.1, -0.05) is 36.0 Å². The standard InChI is InChI=1S/C24H15BrClF5N2O2S/c1-23(11-32,33-22(36)13-2-4-14(5-3-13)24(29,30)31)12-34-19-8-15(26)6-7-18(19)35-20-10-16(27)9-17(28)21(20)25/h2-10H,12H2,1H3,(H,33,36). The van der Waals surface area contributed by atoms with Crippen LogP contribution in [0.15, 0.2) is 59.1 Å². The average molecular weight is 606 g/mol. The summed E-state index contributed by atoms with van der Waals surface area (Å²) in [5, 5.41) is 12.8. The first-order valence-corrected chi connectivity index (χ1v) is 11.5. The van der Waals surface area contributed by atoms with Crippen molar-refractivity contribution >= 4 is 44.7 Å². The third-order valence-electron chi connectivity index (χ3n) is 4.71. The number of benzene rings is 3. The van der Waals surface area contributed by atoms with Crippen molar-refractivity contribution in [1.29, 1.82) is 5.26 Å². The number of nitriles is 1. The van der Waals surface area contributed by atoms with E-state index < -0.39 is 28.9 Å². The molecule has 36 heavy (non-hydrogen) atoms. The Morgan fingerprint density at radius 1 is 1.06 bits per heavy atom. The monoisotopic (exact) mass is 604 g/mol. The highest BCUT2D eigenvalue weighted by Gasteiger charge is 2.31. The Morgan fingerprint density at radius 3 is 2.33 bits per heavy atom. The van der Waals surface area contributed by atoms with Gasteiger partial charge in [0.1, 0.15) is 29.0 Å². The molecule has 3 aromatic carbocycles. The van der Waals surface area contributed by atoms with Gasteiger partial charge in [0.25, 0.3) is 0 Å². The Bertz CT molecular complexity index is 1330. The molecule has 0 aliphatic carbocycles. The second-order valence-corrected chi connectivity index (χ2v) is 9.29. The Balaban J connectivity index is 1.77. The smallest absolute Gasteiger partial charge is 0.416 e. The number of halogens is 7. The van der Waals surface area contributed by atoms with Crippen LogP contribution in [-0.2, 0) is 6.18 Å². The van der Waals surface area contributed by atoms with Crippen LogP contribution in [0, 0.1) is 23.0 Å². The molecular weight excluding hydrogens is 591 g/mol. The molecule has 0 fully saturated rings. The van der Waals surface area contributed by atoms with Crippen molar-refractivity contribution in [2.75, 3.05) is 6.61 Å². The summed E-state index contributed by atoms with van der Waals surface area (Å²) in [5.41, 5.74) is -1.99. The lowest BCUT2D eigenvalue weighted by atomic mass is 10.0. The second-order valence-electron chi connectivity index (χ2n) is 7.65. The predicted molar refractivity (Wildman–Crippen MR) is 131 cm³/mol. The van der Waals surface area contributed by atoms with E-state index in [0.29, 0.717) is 6.07 Å². The third kappa shape index (κ3) is 6.84. The van der Waals surface area contributed by atoms with Crippen molar-refractivity contribution in [3.8, 4) is 23.3 Å². The lowest BCUT2D eigenvalue weighted by molar-refractivity contribution is -0.137. The highest BCUT2D eigenvalue weighted by Crippen LogP contribution is 2.38. The molecule has 4 nitrogen and oxygen atoms in total. The average Bonchev–Trinajstić information content (AvgIpc) is 2.81. The zero-order valence-corrected chi connectivity index (χ0v) is 21.4. The van der Waals surface area contributed by atoms with E-state index in [-0.39, 0.29) is 43.9 Å². The molecule has 3 aromatic rings. The first-order chi connectivity index (χ1) is 16.8. The molecule has 1 N–H and O–H groups in total. The van der Waals surface area contributed by atoms with E-state index in [1.165, 1.54) is 37.3 Å². The minimum atomic E-state index is -4.49. The molecule has 3 rings (SSSR count). The van der Waals surface area contributed by atoms with Crippen LogP contribution in [-0.4, -0.2) is 17.1 Å². The van der Waals surface area contributed by atoms with Gasteiger partial charge in [0.2, 0.25) is 0 Å². The van der Waals surface area contributed by atoms with Gasteiger partial charge in [0.05, 0.1) is 16.1 Å². The van der Waals surface area contributed by atoms with Crippen LogP contribution < -0.4 is 14.8 Å². The van der Waals surface area contributed by atoms with E-state index in [4.69, 9.17) is 33.3 Å². The number of nitrogens with zero attached hydrogens (tertiary/aromatic N) is 1. The van der Waals surface area contributed by atoms with E-state index in [1.807, 2.05) is 6.07 Å². The van der Waals surface area contributed by atoms with Crippen molar-refractivity contribution in [2.45, 2.75) is 18.6 Å². The molecule has 0 saturated heterocycles. The van der Waals surface area contributed by atoms with Crippen LogP contribution in [0.5, 0.6) is 17.2 Å². The molecule has 0 spiro atoms. The lowest BCUT2D eigenvalue weighted by Crippen LogP contribution is -2.49. The Hall–Kier alpha value is -2.94. The van der Waals surface area contributed by atoms with Gasteiger partial charge in [-0.05, 0) is 47.1 Å². The fourth-order valence-electron chi connectivity index (χ4n) is 2.86. The molecule has 1 unspecified atom stereocenters. The number of nitrogens with one attached hydrogen (secondary N) is 1. The number of hydrogen-bond acceptors (Lipinski definition) is 4. The number of hydrogen-bond donors (Lipinski definition) is 1. The molecule has 0 bridgehead atoms. The minimum absolute atomic E-state index is 0.0260. The van der Waals surface area contributed by atoms with Crippen molar-refractivity contribution < 1.29 is 31.4 Å². The van der Waals surface area contributed by atoms with E-state index in [9.17, 15) is 27.2 Å². The van der Waals surface area contributed by atoms with Crippen molar-refractivity contribution in [1.82, 2.24) is 5.32 Å². The molecule has 0 aromatic heterocycles. The Morgan fingerprint density at radius 2 is 1.72 bits per heavy atom. The molecule has 0 aliphatic rings. The largest absolute Gasteiger partial charge is 0.486 e. The van der Waals surface area contributed by atoms with Crippen LogP contribution in [0.25, 0.3) is 0 Å². The minimum Gasteiger partial charge on any atom is -0.486 e. The number of alkyl halides is 3. The summed E-state index contributed by atoms with van der Waals surface area (Å²) in [6.45, 7) is 1.16. The summed E-state index contributed by atoms with van der Waals surface area (Å²) in [5.74, 6) is -1.79.